The molecule has 0 saturated carbocycles. The Morgan fingerprint density at radius 3 is 2.31 bits per heavy atom. The van der Waals surface area contributed by atoms with E-state index < -0.39 is 17.2 Å². The third-order valence-corrected chi connectivity index (χ3v) is 3.77. The summed E-state index contributed by atoms with van der Waals surface area (Å²) in [5, 5.41) is 0.510. The normalized spacial score (nSPS) is 11.5. The van der Waals surface area contributed by atoms with Crippen LogP contribution in [-0.2, 0) is 0 Å². The Morgan fingerprint density at radius 2 is 1.69 bits per heavy atom. The van der Waals surface area contributed by atoms with Crippen LogP contribution in [-0.4, -0.2) is 17.7 Å². The van der Waals surface area contributed by atoms with Gasteiger partial charge in [-0.15, -0.1) is 0 Å². The Hall–Kier alpha value is -3.28. The Bertz CT molecular complexity index is 1070. The molecule has 3 aromatic rings. The van der Waals surface area contributed by atoms with E-state index in [1.807, 2.05) is 34.6 Å². The second-order valence-electron chi connectivity index (χ2n) is 7.84. The van der Waals surface area contributed by atoms with Crippen LogP contribution in [0.2, 0.25) is 0 Å². The monoisotopic (exact) mass is 396 g/mol. The summed E-state index contributed by atoms with van der Waals surface area (Å²) in [6.45, 7) is 9.41. The molecule has 0 fully saturated rings. The molecule has 0 bridgehead atoms. The molecule has 0 atom stereocenters. The second kappa shape index (κ2) is 7.99. The van der Waals surface area contributed by atoms with E-state index in [2.05, 4.69) is 0 Å². The van der Waals surface area contributed by atoms with Crippen molar-refractivity contribution >= 4 is 16.9 Å². The summed E-state index contributed by atoms with van der Waals surface area (Å²) in [6.07, 6.45) is -0.250. The first-order chi connectivity index (χ1) is 13.6. The van der Waals surface area contributed by atoms with Gasteiger partial charge in [0.25, 0.3) is 5.75 Å². The summed E-state index contributed by atoms with van der Waals surface area (Å²) in [5.74, 6) is -0.224. The van der Waals surface area contributed by atoms with Gasteiger partial charge in [0.15, 0.2) is 5.75 Å². The highest BCUT2D eigenvalue weighted by Crippen LogP contribution is 2.36. The molecule has 29 heavy (non-hydrogen) atoms. The van der Waals surface area contributed by atoms with Gasteiger partial charge in [0.1, 0.15) is 16.9 Å². The molecule has 0 radical (unpaired) electrons. The van der Waals surface area contributed by atoms with E-state index in [1.54, 1.807) is 48.5 Å². The zero-order valence-corrected chi connectivity index (χ0v) is 17.1. The lowest BCUT2D eigenvalue weighted by Crippen LogP contribution is -2.23. The van der Waals surface area contributed by atoms with Crippen molar-refractivity contribution in [2.75, 3.05) is 0 Å². The molecule has 1 heterocycles. The minimum Gasteiger partial charge on any atom is -0.488 e. The molecule has 152 valence electrons. The van der Waals surface area contributed by atoms with E-state index in [0.717, 1.165) is 0 Å². The molecule has 0 aliphatic heterocycles. The Labute approximate surface area is 169 Å². The van der Waals surface area contributed by atoms with E-state index in [-0.39, 0.29) is 23.2 Å². The van der Waals surface area contributed by atoms with Crippen molar-refractivity contribution in [1.82, 2.24) is 0 Å². The van der Waals surface area contributed by atoms with Crippen molar-refractivity contribution < 1.29 is 23.4 Å². The molecule has 0 amide bonds. The third-order valence-electron chi connectivity index (χ3n) is 3.77. The Balaban J connectivity index is 2.09. The molecule has 0 spiro atoms. The fourth-order valence-electron chi connectivity index (χ4n) is 2.72. The number of hydrogen-bond donors (Lipinski definition) is 0. The van der Waals surface area contributed by atoms with Crippen LogP contribution in [0.25, 0.3) is 11.0 Å². The van der Waals surface area contributed by atoms with Crippen LogP contribution < -0.4 is 19.8 Å². The van der Waals surface area contributed by atoms with Gasteiger partial charge in [-0.25, -0.2) is 9.59 Å². The predicted molar refractivity (Wildman–Crippen MR) is 110 cm³/mol. The number of benzene rings is 2. The Kier molecular flexibility index (Phi) is 5.64. The highest BCUT2D eigenvalue weighted by Gasteiger charge is 2.23. The van der Waals surface area contributed by atoms with Crippen molar-refractivity contribution in [3.05, 3.63) is 64.5 Å². The molecule has 0 aliphatic rings. The van der Waals surface area contributed by atoms with Crippen LogP contribution in [0.15, 0.2) is 57.7 Å². The van der Waals surface area contributed by atoms with Gasteiger partial charge < -0.3 is 18.6 Å². The smallest absolute Gasteiger partial charge is 0.383 e. The van der Waals surface area contributed by atoms with Crippen molar-refractivity contribution in [3.8, 4) is 17.2 Å². The maximum Gasteiger partial charge on any atom is 0.383 e. The first-order valence-electron chi connectivity index (χ1n) is 9.38. The standard InChI is InChI=1S/C23H24O6/c1-14(2)26-19-17-12-11-16(29-23(3,4)5)13-18(17)27-22(25)20(19)28-21(24)15-9-7-6-8-10-15/h6-14H,1-5H3. The molecule has 0 aliphatic carbocycles. The van der Waals surface area contributed by atoms with E-state index in [4.69, 9.17) is 18.6 Å². The van der Waals surface area contributed by atoms with E-state index in [0.29, 0.717) is 16.7 Å². The highest BCUT2D eigenvalue weighted by atomic mass is 16.6. The lowest BCUT2D eigenvalue weighted by Gasteiger charge is -2.21. The molecule has 0 unspecified atom stereocenters. The molecule has 3 rings (SSSR count). The molecule has 0 N–H and O–H groups in total. The van der Waals surface area contributed by atoms with Gasteiger partial charge >= 0.3 is 11.6 Å². The summed E-state index contributed by atoms with van der Waals surface area (Å²) >= 11 is 0. The van der Waals surface area contributed by atoms with Gasteiger partial charge in [0, 0.05) is 6.07 Å². The number of ether oxygens (including phenoxy) is 3. The lowest BCUT2D eigenvalue weighted by molar-refractivity contribution is 0.0718. The number of esters is 1. The van der Waals surface area contributed by atoms with Gasteiger partial charge in [0.2, 0.25) is 0 Å². The summed E-state index contributed by atoms with van der Waals surface area (Å²) in [5.41, 5.74) is -0.607. The lowest BCUT2D eigenvalue weighted by atomic mass is 10.1. The highest BCUT2D eigenvalue weighted by molar-refractivity contribution is 5.93. The number of fused-ring (bicyclic) bond motifs is 1. The van der Waals surface area contributed by atoms with E-state index in [1.165, 1.54) is 0 Å². The van der Waals surface area contributed by atoms with Crippen molar-refractivity contribution in [1.29, 1.82) is 0 Å². The largest absolute Gasteiger partial charge is 0.488 e. The molecule has 0 saturated heterocycles. The minimum atomic E-state index is -0.801. The fourth-order valence-corrected chi connectivity index (χ4v) is 2.72. The average molecular weight is 396 g/mol. The quantitative estimate of drug-likeness (QED) is 0.447. The first kappa shape index (κ1) is 20.5. The SMILES string of the molecule is CC(C)Oc1c(OC(=O)c2ccccc2)c(=O)oc2cc(OC(C)(C)C)ccc12. The van der Waals surface area contributed by atoms with Crippen LogP contribution in [0, 0.1) is 0 Å². The molecule has 6 heteroatoms. The van der Waals surface area contributed by atoms with Gasteiger partial charge in [-0.1, -0.05) is 18.2 Å². The van der Waals surface area contributed by atoms with Crippen molar-refractivity contribution in [3.63, 3.8) is 0 Å². The van der Waals surface area contributed by atoms with Crippen molar-refractivity contribution in [2.45, 2.75) is 46.3 Å². The molecule has 1 aromatic heterocycles. The summed E-state index contributed by atoms with van der Waals surface area (Å²) in [4.78, 5) is 25.1. The number of carbonyl (C=O) groups is 1. The Morgan fingerprint density at radius 1 is 1.00 bits per heavy atom. The van der Waals surface area contributed by atoms with Crippen LogP contribution in [0.4, 0.5) is 0 Å². The number of carbonyl (C=O) groups excluding carboxylic acids is 1. The van der Waals surface area contributed by atoms with Gasteiger partial charge in [0.05, 0.1) is 17.1 Å². The maximum atomic E-state index is 12.6. The molecule has 2 aromatic carbocycles. The topological polar surface area (TPSA) is 75.0 Å². The average Bonchev–Trinajstić information content (AvgIpc) is 2.63. The summed E-state index contributed by atoms with van der Waals surface area (Å²) in [6, 6.07) is 13.5. The first-order valence-corrected chi connectivity index (χ1v) is 9.38. The second-order valence-corrected chi connectivity index (χ2v) is 7.84. The summed E-state index contributed by atoms with van der Waals surface area (Å²) < 4.78 is 22.5. The number of rotatable bonds is 5. The van der Waals surface area contributed by atoms with Crippen LogP contribution >= 0.6 is 0 Å². The summed E-state index contributed by atoms with van der Waals surface area (Å²) in [7, 11) is 0. The van der Waals surface area contributed by atoms with Gasteiger partial charge in [-0.2, -0.15) is 0 Å². The van der Waals surface area contributed by atoms with Gasteiger partial charge in [-0.05, 0) is 58.9 Å². The predicted octanol–water partition coefficient (Wildman–Crippen LogP) is 4.98. The van der Waals surface area contributed by atoms with E-state index >= 15 is 0 Å². The minimum absolute atomic E-state index is 0.165. The zero-order valence-electron chi connectivity index (χ0n) is 17.1. The fraction of sp³-hybridized carbons (Fsp3) is 0.304. The third kappa shape index (κ3) is 4.96. The maximum absolute atomic E-state index is 12.6. The van der Waals surface area contributed by atoms with Crippen LogP contribution in [0.5, 0.6) is 17.2 Å². The number of hydrogen-bond acceptors (Lipinski definition) is 6. The van der Waals surface area contributed by atoms with Gasteiger partial charge in [-0.3, -0.25) is 0 Å². The van der Waals surface area contributed by atoms with Crippen LogP contribution in [0.3, 0.4) is 0 Å². The van der Waals surface area contributed by atoms with E-state index in [9.17, 15) is 9.59 Å². The zero-order chi connectivity index (χ0) is 21.2. The van der Waals surface area contributed by atoms with Crippen LogP contribution in [0.1, 0.15) is 45.0 Å². The molecule has 6 nitrogen and oxygen atoms in total. The van der Waals surface area contributed by atoms with Crippen molar-refractivity contribution in [2.24, 2.45) is 0 Å². The molecular weight excluding hydrogens is 372 g/mol. The molecular formula is C23H24O6.